The molecule has 0 aliphatic heterocycles. The van der Waals surface area contributed by atoms with Gasteiger partial charge in [0.25, 0.3) is 5.69 Å². The summed E-state index contributed by atoms with van der Waals surface area (Å²) in [6, 6.07) is 8.72. The molecule has 5 heteroatoms. The summed E-state index contributed by atoms with van der Waals surface area (Å²) < 4.78 is 0. The van der Waals surface area contributed by atoms with E-state index >= 15 is 0 Å². The summed E-state index contributed by atoms with van der Waals surface area (Å²) in [5.74, 6) is 0. The Bertz CT molecular complexity index is 584. The summed E-state index contributed by atoms with van der Waals surface area (Å²) in [5, 5.41) is 14.1. The van der Waals surface area contributed by atoms with Crippen LogP contribution in [0.25, 0.3) is 0 Å². The van der Waals surface area contributed by atoms with Gasteiger partial charge >= 0.3 is 0 Å². The van der Waals surface area contributed by atoms with E-state index in [-0.39, 0.29) is 10.6 Å². The molecule has 2 aromatic rings. The largest absolute Gasteiger partial charge is 0.308 e. The van der Waals surface area contributed by atoms with E-state index in [1.807, 2.05) is 25.3 Å². The third-order valence-corrected chi connectivity index (χ3v) is 2.96. The highest BCUT2D eigenvalue weighted by molar-refractivity contribution is 5.39. The summed E-state index contributed by atoms with van der Waals surface area (Å²) in [7, 11) is 0. The van der Waals surface area contributed by atoms with Crippen LogP contribution in [0.3, 0.4) is 0 Å². The molecule has 1 heterocycles. The zero-order valence-corrected chi connectivity index (χ0v) is 10.7. The minimum absolute atomic E-state index is 0.154. The molecule has 1 N–H and O–H groups in total. The average Bonchev–Trinajstić information content (AvgIpc) is 2.41. The van der Waals surface area contributed by atoms with Crippen molar-refractivity contribution in [2.24, 2.45) is 0 Å². The second-order valence-corrected chi connectivity index (χ2v) is 4.29. The number of benzene rings is 1. The van der Waals surface area contributed by atoms with E-state index in [2.05, 4.69) is 10.3 Å². The lowest BCUT2D eigenvalue weighted by Crippen LogP contribution is -2.14. The SMILES string of the molecule is Cc1cnccc1CNCc1ccccc1[N+](=O)[O-]. The molecular formula is C14H15N3O2. The molecular weight excluding hydrogens is 242 g/mol. The minimum atomic E-state index is -0.352. The van der Waals surface area contributed by atoms with E-state index in [9.17, 15) is 10.1 Å². The van der Waals surface area contributed by atoms with Crippen LogP contribution in [0.2, 0.25) is 0 Å². The van der Waals surface area contributed by atoms with Crippen LogP contribution in [-0.2, 0) is 13.1 Å². The first-order valence-corrected chi connectivity index (χ1v) is 6.01. The maximum Gasteiger partial charge on any atom is 0.273 e. The van der Waals surface area contributed by atoms with E-state index in [0.717, 1.165) is 11.1 Å². The van der Waals surface area contributed by atoms with E-state index in [1.54, 1.807) is 18.3 Å². The third kappa shape index (κ3) is 3.35. The van der Waals surface area contributed by atoms with Gasteiger partial charge in [-0.25, -0.2) is 0 Å². The van der Waals surface area contributed by atoms with Crippen LogP contribution >= 0.6 is 0 Å². The molecule has 0 unspecified atom stereocenters. The molecule has 2 rings (SSSR count). The number of nitro benzene ring substituents is 1. The van der Waals surface area contributed by atoms with E-state index in [0.29, 0.717) is 18.7 Å². The van der Waals surface area contributed by atoms with E-state index in [4.69, 9.17) is 0 Å². The van der Waals surface area contributed by atoms with Crippen LogP contribution in [-0.4, -0.2) is 9.91 Å². The molecule has 0 amide bonds. The van der Waals surface area contributed by atoms with Crippen molar-refractivity contribution in [1.82, 2.24) is 10.3 Å². The molecule has 0 atom stereocenters. The van der Waals surface area contributed by atoms with Crippen molar-refractivity contribution in [1.29, 1.82) is 0 Å². The molecule has 1 aromatic carbocycles. The summed E-state index contributed by atoms with van der Waals surface area (Å²) >= 11 is 0. The average molecular weight is 257 g/mol. The van der Waals surface area contributed by atoms with Crippen molar-refractivity contribution in [3.8, 4) is 0 Å². The zero-order valence-electron chi connectivity index (χ0n) is 10.7. The van der Waals surface area contributed by atoms with Crippen LogP contribution < -0.4 is 5.32 Å². The second kappa shape index (κ2) is 6.06. The van der Waals surface area contributed by atoms with Gasteiger partial charge in [0.2, 0.25) is 0 Å². The number of para-hydroxylation sites is 1. The molecule has 98 valence electrons. The van der Waals surface area contributed by atoms with Crippen LogP contribution in [0.15, 0.2) is 42.7 Å². The lowest BCUT2D eigenvalue weighted by molar-refractivity contribution is -0.385. The number of nitrogens with zero attached hydrogens (tertiary/aromatic N) is 2. The summed E-state index contributed by atoms with van der Waals surface area (Å²) in [6.07, 6.45) is 3.55. The minimum Gasteiger partial charge on any atom is -0.308 e. The number of rotatable bonds is 5. The lowest BCUT2D eigenvalue weighted by atomic mass is 10.1. The Morgan fingerprint density at radius 3 is 2.68 bits per heavy atom. The fraction of sp³-hybridized carbons (Fsp3) is 0.214. The maximum absolute atomic E-state index is 10.9. The van der Waals surface area contributed by atoms with Crippen molar-refractivity contribution in [3.63, 3.8) is 0 Å². The van der Waals surface area contributed by atoms with Gasteiger partial charge in [-0.3, -0.25) is 15.1 Å². The topological polar surface area (TPSA) is 68.1 Å². The van der Waals surface area contributed by atoms with Gasteiger partial charge in [0.15, 0.2) is 0 Å². The summed E-state index contributed by atoms with van der Waals surface area (Å²) in [4.78, 5) is 14.6. The lowest BCUT2D eigenvalue weighted by Gasteiger charge is -2.07. The Kier molecular flexibility index (Phi) is 4.20. The van der Waals surface area contributed by atoms with Gasteiger partial charge in [0, 0.05) is 37.1 Å². The standard InChI is InChI=1S/C14H15N3O2/c1-11-8-15-7-6-12(11)9-16-10-13-4-2-3-5-14(13)17(18)19/h2-8,16H,9-10H2,1H3. The first kappa shape index (κ1) is 13.2. The molecule has 0 bridgehead atoms. The molecule has 0 radical (unpaired) electrons. The molecule has 19 heavy (non-hydrogen) atoms. The molecule has 1 aromatic heterocycles. The number of aryl methyl sites for hydroxylation is 1. The smallest absolute Gasteiger partial charge is 0.273 e. The number of nitro groups is 1. The Hall–Kier alpha value is -2.27. The van der Waals surface area contributed by atoms with E-state index < -0.39 is 0 Å². The fourth-order valence-corrected chi connectivity index (χ4v) is 1.87. The molecule has 0 aliphatic carbocycles. The predicted molar refractivity (Wildman–Crippen MR) is 72.6 cm³/mol. The van der Waals surface area contributed by atoms with Crippen molar-refractivity contribution in [2.75, 3.05) is 0 Å². The van der Waals surface area contributed by atoms with Crippen LogP contribution in [0.4, 0.5) is 5.69 Å². The highest BCUT2D eigenvalue weighted by Gasteiger charge is 2.11. The molecule has 0 aliphatic rings. The van der Waals surface area contributed by atoms with Gasteiger partial charge in [0.05, 0.1) is 4.92 Å². The Morgan fingerprint density at radius 2 is 1.95 bits per heavy atom. The third-order valence-electron chi connectivity index (χ3n) is 2.96. The number of hydrogen-bond donors (Lipinski definition) is 1. The monoisotopic (exact) mass is 257 g/mol. The van der Waals surface area contributed by atoms with Crippen molar-refractivity contribution in [2.45, 2.75) is 20.0 Å². The van der Waals surface area contributed by atoms with Crippen LogP contribution in [0, 0.1) is 17.0 Å². The van der Waals surface area contributed by atoms with Crippen molar-refractivity contribution < 1.29 is 4.92 Å². The van der Waals surface area contributed by atoms with E-state index in [1.165, 1.54) is 6.07 Å². The fourth-order valence-electron chi connectivity index (χ4n) is 1.87. The molecule has 0 saturated heterocycles. The quantitative estimate of drug-likeness (QED) is 0.660. The van der Waals surface area contributed by atoms with Crippen molar-refractivity contribution in [3.05, 3.63) is 69.5 Å². The number of hydrogen-bond acceptors (Lipinski definition) is 4. The van der Waals surface area contributed by atoms with Gasteiger partial charge in [-0.05, 0) is 24.1 Å². The van der Waals surface area contributed by atoms with Crippen LogP contribution in [0.5, 0.6) is 0 Å². The number of pyridine rings is 1. The maximum atomic E-state index is 10.9. The normalized spacial score (nSPS) is 10.4. The number of nitrogens with one attached hydrogen (secondary N) is 1. The van der Waals surface area contributed by atoms with Gasteiger partial charge < -0.3 is 5.32 Å². The first-order chi connectivity index (χ1) is 9.18. The highest BCUT2D eigenvalue weighted by atomic mass is 16.6. The Balaban J connectivity index is 2.00. The van der Waals surface area contributed by atoms with Crippen molar-refractivity contribution >= 4 is 5.69 Å². The summed E-state index contributed by atoms with van der Waals surface area (Å²) in [6.45, 7) is 3.13. The van der Waals surface area contributed by atoms with Gasteiger partial charge in [-0.1, -0.05) is 18.2 Å². The Labute approximate surface area is 111 Å². The molecule has 0 saturated carbocycles. The van der Waals surface area contributed by atoms with Gasteiger partial charge in [-0.15, -0.1) is 0 Å². The molecule has 5 nitrogen and oxygen atoms in total. The van der Waals surface area contributed by atoms with Gasteiger partial charge in [-0.2, -0.15) is 0 Å². The number of aromatic nitrogens is 1. The van der Waals surface area contributed by atoms with Crippen LogP contribution in [0.1, 0.15) is 16.7 Å². The zero-order chi connectivity index (χ0) is 13.7. The highest BCUT2D eigenvalue weighted by Crippen LogP contribution is 2.17. The second-order valence-electron chi connectivity index (χ2n) is 4.29. The van der Waals surface area contributed by atoms with Gasteiger partial charge in [0.1, 0.15) is 0 Å². The Morgan fingerprint density at radius 1 is 1.21 bits per heavy atom. The predicted octanol–water partition coefficient (Wildman–Crippen LogP) is 2.59. The molecule has 0 spiro atoms. The summed E-state index contributed by atoms with van der Waals surface area (Å²) in [5.41, 5.74) is 3.10. The molecule has 0 fully saturated rings. The first-order valence-electron chi connectivity index (χ1n) is 6.01.